The molecule has 1 aromatic heterocycles. The number of carbonyl (C=O) groups excluding carboxylic acids is 1. The van der Waals surface area contributed by atoms with Crippen LogP contribution in [0, 0.1) is 0 Å². The minimum absolute atomic E-state index is 0.00270. The van der Waals surface area contributed by atoms with Gasteiger partial charge in [-0.3, -0.25) is 4.79 Å². The van der Waals surface area contributed by atoms with Crippen molar-refractivity contribution in [1.29, 1.82) is 0 Å². The van der Waals surface area contributed by atoms with Crippen molar-refractivity contribution >= 4 is 21.7 Å². The highest BCUT2D eigenvalue weighted by Crippen LogP contribution is 2.38. The quantitative estimate of drug-likeness (QED) is 0.837. The minimum Gasteiger partial charge on any atom is -0.352 e. The highest BCUT2D eigenvalue weighted by molar-refractivity contribution is 7.89. The van der Waals surface area contributed by atoms with Crippen LogP contribution < -0.4 is 10.0 Å². The monoisotopic (exact) mass is 387 g/mol. The molecule has 0 radical (unpaired) electrons. The third-order valence-electron chi connectivity index (χ3n) is 4.99. The van der Waals surface area contributed by atoms with Crippen molar-refractivity contribution in [2.45, 2.75) is 23.7 Å². The Bertz CT molecular complexity index is 932. The number of sulfonamides is 1. The van der Waals surface area contributed by atoms with Crippen molar-refractivity contribution in [2.24, 2.45) is 5.14 Å². The molecule has 1 saturated carbocycles. The van der Waals surface area contributed by atoms with Gasteiger partial charge in [-0.1, -0.05) is 0 Å². The van der Waals surface area contributed by atoms with E-state index in [2.05, 4.69) is 15.1 Å². The summed E-state index contributed by atoms with van der Waals surface area (Å²) in [5.74, 6) is 1.30. The lowest BCUT2D eigenvalue weighted by molar-refractivity contribution is 0.0746. The summed E-state index contributed by atoms with van der Waals surface area (Å²) in [4.78, 5) is 16.5. The highest BCUT2D eigenvalue weighted by Gasteiger charge is 2.26. The summed E-state index contributed by atoms with van der Waals surface area (Å²) in [6.45, 7) is 2.50. The van der Waals surface area contributed by atoms with Crippen LogP contribution in [0.25, 0.3) is 0 Å². The molecule has 2 heterocycles. The predicted octanol–water partition coefficient (Wildman–Crippen LogP) is 0.964. The Kier molecular flexibility index (Phi) is 4.56. The van der Waals surface area contributed by atoms with Gasteiger partial charge in [0, 0.05) is 37.7 Å². The van der Waals surface area contributed by atoms with Crippen LogP contribution in [0.2, 0.25) is 0 Å². The zero-order chi connectivity index (χ0) is 19.0. The van der Waals surface area contributed by atoms with E-state index >= 15 is 0 Å². The number of amides is 1. The molecule has 1 saturated heterocycles. The maximum atomic E-state index is 12.6. The van der Waals surface area contributed by atoms with Crippen LogP contribution in [-0.2, 0) is 10.0 Å². The molecule has 2 aromatic rings. The predicted molar refractivity (Wildman–Crippen MR) is 99.9 cm³/mol. The molecule has 1 aliphatic carbocycles. The first kappa shape index (κ1) is 17.9. The van der Waals surface area contributed by atoms with Gasteiger partial charge in [-0.05, 0) is 49.2 Å². The van der Waals surface area contributed by atoms with E-state index in [0.717, 1.165) is 11.5 Å². The number of hydrogen-bond donors (Lipinski definition) is 1. The molecular formula is C18H21N5O3S. The number of nitrogens with two attached hydrogens (primary N) is 1. The second kappa shape index (κ2) is 6.90. The third-order valence-corrected chi connectivity index (χ3v) is 5.92. The first-order chi connectivity index (χ1) is 12.9. The lowest BCUT2D eigenvalue weighted by atomic mass is 10.2. The van der Waals surface area contributed by atoms with Crippen LogP contribution in [0.15, 0.2) is 41.3 Å². The number of primary sulfonamides is 1. The maximum absolute atomic E-state index is 12.6. The van der Waals surface area contributed by atoms with Crippen LogP contribution >= 0.6 is 0 Å². The lowest BCUT2D eigenvalue weighted by Gasteiger charge is -2.35. The fourth-order valence-corrected chi connectivity index (χ4v) is 3.72. The average Bonchev–Trinajstić information content (AvgIpc) is 3.52. The molecular weight excluding hydrogens is 366 g/mol. The van der Waals surface area contributed by atoms with Crippen molar-refractivity contribution < 1.29 is 13.2 Å². The zero-order valence-corrected chi connectivity index (χ0v) is 15.6. The highest BCUT2D eigenvalue weighted by atomic mass is 32.2. The number of carbonyl (C=O) groups is 1. The molecule has 2 fully saturated rings. The molecule has 2 N–H and O–H groups in total. The van der Waals surface area contributed by atoms with Gasteiger partial charge in [0.25, 0.3) is 5.91 Å². The van der Waals surface area contributed by atoms with Gasteiger partial charge in [0.05, 0.1) is 10.6 Å². The van der Waals surface area contributed by atoms with Crippen molar-refractivity contribution in [3.63, 3.8) is 0 Å². The molecule has 0 spiro atoms. The van der Waals surface area contributed by atoms with Crippen LogP contribution in [0.5, 0.6) is 0 Å². The van der Waals surface area contributed by atoms with Crippen LogP contribution in [0.3, 0.4) is 0 Å². The van der Waals surface area contributed by atoms with E-state index in [1.807, 2.05) is 12.1 Å². The van der Waals surface area contributed by atoms with E-state index < -0.39 is 10.0 Å². The molecule has 1 aliphatic heterocycles. The Morgan fingerprint density at radius 3 is 2.15 bits per heavy atom. The lowest BCUT2D eigenvalue weighted by Crippen LogP contribution is -2.49. The van der Waals surface area contributed by atoms with Crippen LogP contribution in [0.1, 0.15) is 34.8 Å². The molecule has 8 nitrogen and oxygen atoms in total. The Morgan fingerprint density at radius 1 is 0.963 bits per heavy atom. The largest absolute Gasteiger partial charge is 0.352 e. The van der Waals surface area contributed by atoms with Gasteiger partial charge in [-0.15, -0.1) is 5.10 Å². The molecule has 1 amide bonds. The Hall–Kier alpha value is -2.52. The Morgan fingerprint density at radius 2 is 1.63 bits per heavy atom. The first-order valence-electron chi connectivity index (χ1n) is 8.92. The maximum Gasteiger partial charge on any atom is 0.253 e. The van der Waals surface area contributed by atoms with E-state index in [0.29, 0.717) is 37.7 Å². The van der Waals surface area contributed by atoms with Crippen molar-refractivity contribution in [2.75, 3.05) is 31.1 Å². The molecule has 0 atom stereocenters. The van der Waals surface area contributed by atoms with E-state index in [4.69, 9.17) is 5.14 Å². The Labute approximate surface area is 158 Å². The topological polar surface area (TPSA) is 109 Å². The summed E-state index contributed by atoms with van der Waals surface area (Å²) in [5.41, 5.74) is 1.51. The minimum atomic E-state index is -3.76. The molecule has 0 bridgehead atoms. The zero-order valence-electron chi connectivity index (χ0n) is 14.8. The smallest absolute Gasteiger partial charge is 0.253 e. The number of anilines is 1. The van der Waals surface area contributed by atoms with Crippen LogP contribution in [0.4, 0.5) is 5.82 Å². The molecule has 1 aromatic carbocycles. The summed E-state index contributed by atoms with van der Waals surface area (Å²) >= 11 is 0. The van der Waals surface area contributed by atoms with Gasteiger partial charge < -0.3 is 9.80 Å². The number of rotatable bonds is 4. The number of aromatic nitrogens is 2. The molecule has 2 aliphatic rings. The normalized spacial score (nSPS) is 17.8. The molecule has 142 valence electrons. The van der Waals surface area contributed by atoms with Gasteiger partial charge in [-0.2, -0.15) is 5.10 Å². The van der Waals surface area contributed by atoms with Crippen molar-refractivity contribution in [3.05, 3.63) is 47.7 Å². The summed E-state index contributed by atoms with van der Waals surface area (Å²) in [6, 6.07) is 9.76. The van der Waals surface area contributed by atoms with E-state index in [9.17, 15) is 13.2 Å². The fourth-order valence-electron chi connectivity index (χ4n) is 3.21. The van der Waals surface area contributed by atoms with Gasteiger partial charge >= 0.3 is 0 Å². The van der Waals surface area contributed by atoms with E-state index in [1.165, 1.54) is 37.1 Å². The van der Waals surface area contributed by atoms with E-state index in [-0.39, 0.29) is 10.8 Å². The average molecular weight is 387 g/mol. The third kappa shape index (κ3) is 3.93. The second-order valence-corrected chi connectivity index (χ2v) is 8.50. The first-order valence-corrected chi connectivity index (χ1v) is 10.5. The van der Waals surface area contributed by atoms with Gasteiger partial charge in [0.15, 0.2) is 5.82 Å². The standard InChI is InChI=1S/C18H21N5O3S/c19-27(25,26)15-5-3-14(4-6-15)18(24)23-11-9-22(10-12-23)17-8-7-16(20-21-17)13-1-2-13/h3-8,13H,1-2,9-12H2,(H2,19,25,26). The Balaban J connectivity index is 1.37. The van der Waals surface area contributed by atoms with Crippen LogP contribution in [-0.4, -0.2) is 55.6 Å². The van der Waals surface area contributed by atoms with Gasteiger partial charge in [0.1, 0.15) is 0 Å². The number of hydrogen-bond acceptors (Lipinski definition) is 6. The summed E-state index contributed by atoms with van der Waals surface area (Å²) in [5, 5.41) is 13.7. The molecule has 4 rings (SSSR count). The summed E-state index contributed by atoms with van der Waals surface area (Å²) < 4.78 is 22.6. The molecule has 0 unspecified atom stereocenters. The summed E-state index contributed by atoms with van der Waals surface area (Å²) in [7, 11) is -3.76. The summed E-state index contributed by atoms with van der Waals surface area (Å²) in [6.07, 6.45) is 2.40. The van der Waals surface area contributed by atoms with E-state index in [1.54, 1.807) is 4.90 Å². The number of nitrogens with zero attached hydrogens (tertiary/aromatic N) is 4. The second-order valence-electron chi connectivity index (χ2n) is 6.94. The SMILES string of the molecule is NS(=O)(=O)c1ccc(C(=O)N2CCN(c3ccc(C4CC4)nn3)CC2)cc1. The molecule has 27 heavy (non-hydrogen) atoms. The number of benzene rings is 1. The van der Waals surface area contributed by atoms with Crippen molar-refractivity contribution in [1.82, 2.24) is 15.1 Å². The molecule has 9 heteroatoms. The number of piperazine rings is 1. The van der Waals surface area contributed by atoms with Gasteiger partial charge in [-0.25, -0.2) is 13.6 Å². The van der Waals surface area contributed by atoms with Gasteiger partial charge in [0.2, 0.25) is 10.0 Å². The fraction of sp³-hybridized carbons (Fsp3) is 0.389. The van der Waals surface area contributed by atoms with Crippen molar-refractivity contribution in [3.8, 4) is 0 Å².